The minimum atomic E-state index is 0.529. The summed E-state index contributed by atoms with van der Waals surface area (Å²) >= 11 is 1.90. The van der Waals surface area contributed by atoms with Crippen molar-refractivity contribution < 1.29 is 0 Å². The summed E-state index contributed by atoms with van der Waals surface area (Å²) in [6, 6.07) is 1.23. The van der Waals surface area contributed by atoms with E-state index in [4.69, 9.17) is 4.98 Å². The fraction of sp³-hybridized carbons (Fsp3) is 0.824. The van der Waals surface area contributed by atoms with Crippen LogP contribution in [0.15, 0.2) is 0 Å². The summed E-state index contributed by atoms with van der Waals surface area (Å²) in [5, 5.41) is 4.77. The molecule has 0 aliphatic heterocycles. The van der Waals surface area contributed by atoms with Gasteiger partial charge in [-0.3, -0.25) is 0 Å². The Bertz CT molecular complexity index is 422. The third-order valence-corrected chi connectivity index (χ3v) is 5.54. The van der Waals surface area contributed by atoms with Gasteiger partial charge in [0.05, 0.1) is 5.69 Å². The van der Waals surface area contributed by atoms with Crippen molar-refractivity contribution >= 4 is 16.5 Å². The molecule has 3 nitrogen and oxygen atoms in total. The number of aryl methyl sites for hydroxylation is 1. The van der Waals surface area contributed by atoms with Crippen LogP contribution in [0.2, 0.25) is 0 Å². The number of nitrogens with one attached hydrogen (secondary N) is 1. The molecule has 0 atom stereocenters. The number of anilines is 1. The van der Waals surface area contributed by atoms with Crippen molar-refractivity contribution in [1.29, 1.82) is 0 Å². The summed E-state index contributed by atoms with van der Waals surface area (Å²) < 4.78 is 0. The molecule has 0 bridgehead atoms. The van der Waals surface area contributed by atoms with Crippen LogP contribution in [0.25, 0.3) is 0 Å². The molecule has 1 aliphatic carbocycles. The Balaban J connectivity index is 2.09. The molecule has 21 heavy (non-hydrogen) atoms. The third-order valence-electron chi connectivity index (χ3n) is 4.35. The summed E-state index contributed by atoms with van der Waals surface area (Å²) in [7, 11) is 2.24. The zero-order valence-corrected chi connectivity index (χ0v) is 14.9. The monoisotopic (exact) mass is 309 g/mol. The molecule has 4 heteroatoms. The molecule has 120 valence electrons. The van der Waals surface area contributed by atoms with Gasteiger partial charge < -0.3 is 10.2 Å². The minimum Gasteiger partial charge on any atom is -0.348 e. The predicted molar refractivity (Wildman–Crippen MR) is 93.4 cm³/mol. The van der Waals surface area contributed by atoms with Crippen LogP contribution >= 0.6 is 11.3 Å². The van der Waals surface area contributed by atoms with Crippen LogP contribution < -0.4 is 10.2 Å². The number of nitrogens with zero attached hydrogens (tertiary/aromatic N) is 2. The van der Waals surface area contributed by atoms with Crippen LogP contribution in [-0.4, -0.2) is 24.1 Å². The molecule has 0 aromatic carbocycles. The molecule has 1 aromatic rings. The largest absolute Gasteiger partial charge is 0.348 e. The average molecular weight is 310 g/mol. The smallest absolute Gasteiger partial charge is 0.185 e. The van der Waals surface area contributed by atoms with E-state index in [9.17, 15) is 0 Å². The van der Waals surface area contributed by atoms with E-state index >= 15 is 0 Å². The molecular weight excluding hydrogens is 278 g/mol. The molecule has 0 unspecified atom stereocenters. The van der Waals surface area contributed by atoms with Crippen molar-refractivity contribution in [3.63, 3.8) is 0 Å². The van der Waals surface area contributed by atoms with Gasteiger partial charge in [-0.15, -0.1) is 11.3 Å². The highest BCUT2D eigenvalue weighted by Gasteiger charge is 2.22. The summed E-state index contributed by atoms with van der Waals surface area (Å²) in [6.07, 6.45) is 9.10. The maximum Gasteiger partial charge on any atom is 0.185 e. The van der Waals surface area contributed by atoms with E-state index < -0.39 is 0 Å². The number of thiazole rings is 1. The summed E-state index contributed by atoms with van der Waals surface area (Å²) in [6.45, 7) is 7.61. The van der Waals surface area contributed by atoms with Gasteiger partial charge in [-0.25, -0.2) is 4.98 Å². The van der Waals surface area contributed by atoms with Crippen molar-refractivity contribution in [2.75, 3.05) is 11.9 Å². The molecule has 2 rings (SSSR count). The van der Waals surface area contributed by atoms with Gasteiger partial charge in [0, 0.05) is 30.6 Å². The summed E-state index contributed by atoms with van der Waals surface area (Å²) in [4.78, 5) is 8.84. The molecule has 1 N–H and O–H groups in total. The molecule has 0 amide bonds. The molecule has 1 aliphatic rings. The number of aromatic nitrogens is 1. The van der Waals surface area contributed by atoms with Crippen LogP contribution in [0.5, 0.6) is 0 Å². The number of hydrogen-bond acceptors (Lipinski definition) is 4. The van der Waals surface area contributed by atoms with Gasteiger partial charge in [0.1, 0.15) is 0 Å². The highest BCUT2D eigenvalue weighted by atomic mass is 32.1. The Morgan fingerprint density at radius 2 is 2.00 bits per heavy atom. The fourth-order valence-electron chi connectivity index (χ4n) is 3.01. The lowest BCUT2D eigenvalue weighted by Crippen LogP contribution is -2.33. The zero-order chi connectivity index (χ0) is 15.2. The highest BCUT2D eigenvalue weighted by Crippen LogP contribution is 2.31. The minimum absolute atomic E-state index is 0.529. The quantitative estimate of drug-likeness (QED) is 0.811. The van der Waals surface area contributed by atoms with Gasteiger partial charge in [-0.2, -0.15) is 0 Å². The Morgan fingerprint density at radius 1 is 1.29 bits per heavy atom. The first kappa shape index (κ1) is 16.8. The van der Waals surface area contributed by atoms with E-state index in [-0.39, 0.29) is 0 Å². The maximum absolute atomic E-state index is 4.96. The average Bonchev–Trinajstić information content (AvgIpc) is 2.89. The SMILES string of the molecule is CCCc1nc(N(C)C2CCCCC2)sc1CNC(C)C. The van der Waals surface area contributed by atoms with Crippen LogP contribution in [0.4, 0.5) is 5.13 Å². The van der Waals surface area contributed by atoms with Gasteiger partial charge in [0.15, 0.2) is 5.13 Å². The second-order valence-corrected chi connectivity index (χ2v) is 7.62. The summed E-state index contributed by atoms with van der Waals surface area (Å²) in [5.41, 5.74) is 1.31. The molecule has 0 radical (unpaired) electrons. The molecule has 1 fully saturated rings. The second kappa shape index (κ2) is 8.14. The van der Waals surface area contributed by atoms with Gasteiger partial charge in [0.2, 0.25) is 0 Å². The van der Waals surface area contributed by atoms with Crippen molar-refractivity contribution in [2.45, 2.75) is 84.3 Å². The number of hydrogen-bond donors (Lipinski definition) is 1. The molecule has 1 saturated carbocycles. The first-order chi connectivity index (χ1) is 10.1. The third kappa shape index (κ3) is 4.68. The first-order valence-electron chi connectivity index (χ1n) is 8.56. The van der Waals surface area contributed by atoms with E-state index in [0.29, 0.717) is 12.1 Å². The van der Waals surface area contributed by atoms with Gasteiger partial charge >= 0.3 is 0 Å². The number of rotatable bonds is 7. The van der Waals surface area contributed by atoms with Gasteiger partial charge in [-0.05, 0) is 19.3 Å². The normalized spacial score (nSPS) is 16.6. The fourth-order valence-corrected chi connectivity index (χ4v) is 4.10. The van der Waals surface area contributed by atoms with E-state index in [1.807, 2.05) is 11.3 Å². The van der Waals surface area contributed by atoms with Crippen LogP contribution in [-0.2, 0) is 13.0 Å². The Morgan fingerprint density at radius 3 is 2.62 bits per heavy atom. The van der Waals surface area contributed by atoms with E-state index in [1.165, 1.54) is 54.2 Å². The molecule has 1 heterocycles. The second-order valence-electron chi connectivity index (χ2n) is 6.55. The lowest BCUT2D eigenvalue weighted by molar-refractivity contribution is 0.427. The lowest BCUT2D eigenvalue weighted by atomic mass is 9.95. The molecule has 1 aromatic heterocycles. The van der Waals surface area contributed by atoms with Crippen LogP contribution in [0, 0.1) is 0 Å². The summed E-state index contributed by atoms with van der Waals surface area (Å²) in [5.74, 6) is 0. The van der Waals surface area contributed by atoms with E-state index in [2.05, 4.69) is 38.0 Å². The van der Waals surface area contributed by atoms with Crippen LogP contribution in [0.3, 0.4) is 0 Å². The van der Waals surface area contributed by atoms with Crippen molar-refractivity contribution in [3.8, 4) is 0 Å². The lowest BCUT2D eigenvalue weighted by Gasteiger charge is -2.30. The Hall–Kier alpha value is -0.610. The standard InChI is InChI=1S/C17H31N3S/c1-5-9-15-16(12-18-13(2)3)21-17(19-15)20(4)14-10-7-6-8-11-14/h13-14,18H,5-12H2,1-4H3. The molecular formula is C17H31N3S. The van der Waals surface area contributed by atoms with Gasteiger partial charge in [0.25, 0.3) is 0 Å². The Labute approximate surface area is 134 Å². The van der Waals surface area contributed by atoms with E-state index in [0.717, 1.165) is 13.0 Å². The highest BCUT2D eigenvalue weighted by molar-refractivity contribution is 7.15. The molecule has 0 spiro atoms. The topological polar surface area (TPSA) is 28.2 Å². The van der Waals surface area contributed by atoms with Gasteiger partial charge in [-0.1, -0.05) is 46.5 Å². The maximum atomic E-state index is 4.96. The zero-order valence-electron chi connectivity index (χ0n) is 14.1. The predicted octanol–water partition coefficient (Wildman–Crippen LogP) is 4.36. The van der Waals surface area contributed by atoms with Crippen molar-refractivity contribution in [2.24, 2.45) is 0 Å². The molecule has 0 saturated heterocycles. The van der Waals surface area contributed by atoms with Crippen molar-refractivity contribution in [1.82, 2.24) is 10.3 Å². The first-order valence-corrected chi connectivity index (χ1v) is 9.38. The van der Waals surface area contributed by atoms with Crippen molar-refractivity contribution in [3.05, 3.63) is 10.6 Å². The van der Waals surface area contributed by atoms with E-state index in [1.54, 1.807) is 0 Å². The Kier molecular flexibility index (Phi) is 6.49. The van der Waals surface area contributed by atoms with Crippen LogP contribution in [0.1, 0.15) is 69.9 Å².